The molecule has 3 aromatic rings. The van der Waals surface area contributed by atoms with Crippen molar-refractivity contribution < 1.29 is 19.5 Å². The fourth-order valence-electron chi connectivity index (χ4n) is 3.97. The van der Waals surface area contributed by atoms with Crippen LogP contribution in [0.4, 0.5) is 11.4 Å². The Morgan fingerprint density at radius 1 is 0.909 bits per heavy atom. The van der Waals surface area contributed by atoms with Crippen LogP contribution in [-0.2, 0) is 22.7 Å². The van der Waals surface area contributed by atoms with Crippen LogP contribution in [0.15, 0.2) is 78.9 Å². The van der Waals surface area contributed by atoms with Crippen LogP contribution in [0.1, 0.15) is 21.5 Å². The lowest BCUT2D eigenvalue weighted by Gasteiger charge is -2.37. The Kier molecular flexibility index (Phi) is 6.51. The van der Waals surface area contributed by atoms with E-state index in [0.29, 0.717) is 24.5 Å². The highest BCUT2D eigenvalue weighted by molar-refractivity contribution is 6.12. The SMILES string of the molecule is CN(CC(=O)N1CC(=O)N(Cc2ccccc2)c2ccc(C(=O)O)cc21)Cc1ccccc1. The van der Waals surface area contributed by atoms with E-state index in [0.717, 1.165) is 11.1 Å². The third-order valence-corrected chi connectivity index (χ3v) is 5.58. The lowest BCUT2D eigenvalue weighted by molar-refractivity contribution is -0.123. The van der Waals surface area contributed by atoms with Gasteiger partial charge in [-0.1, -0.05) is 60.7 Å². The van der Waals surface area contributed by atoms with E-state index in [1.807, 2.05) is 72.6 Å². The molecule has 168 valence electrons. The summed E-state index contributed by atoms with van der Waals surface area (Å²) in [7, 11) is 1.84. The molecule has 0 radical (unpaired) electrons. The van der Waals surface area contributed by atoms with E-state index < -0.39 is 5.97 Å². The highest BCUT2D eigenvalue weighted by Gasteiger charge is 2.33. The highest BCUT2D eigenvalue weighted by atomic mass is 16.4. The van der Waals surface area contributed by atoms with Gasteiger partial charge in [-0.05, 0) is 36.4 Å². The predicted molar refractivity (Wildman–Crippen MR) is 126 cm³/mol. The maximum atomic E-state index is 13.2. The maximum absolute atomic E-state index is 13.2. The zero-order chi connectivity index (χ0) is 23.4. The maximum Gasteiger partial charge on any atom is 0.335 e. The molecule has 7 nitrogen and oxygen atoms in total. The standard InChI is InChI=1S/C26H25N3O4/c1-27(15-19-8-4-2-5-9-19)17-24(30)29-18-25(31)28(16-20-10-6-3-7-11-20)22-13-12-21(26(32)33)14-23(22)29/h2-14H,15-18H2,1H3,(H,32,33). The second-order valence-electron chi connectivity index (χ2n) is 8.11. The van der Waals surface area contributed by atoms with Crippen LogP contribution in [0.25, 0.3) is 0 Å². The molecule has 0 bridgehead atoms. The van der Waals surface area contributed by atoms with Gasteiger partial charge in [0.1, 0.15) is 6.54 Å². The molecule has 0 aliphatic carbocycles. The zero-order valence-corrected chi connectivity index (χ0v) is 18.3. The number of carboxylic acid groups (broad SMARTS) is 1. The van der Waals surface area contributed by atoms with E-state index in [9.17, 15) is 19.5 Å². The molecule has 0 atom stereocenters. The van der Waals surface area contributed by atoms with Gasteiger partial charge in [-0.2, -0.15) is 0 Å². The number of fused-ring (bicyclic) bond motifs is 1. The van der Waals surface area contributed by atoms with Crippen LogP contribution >= 0.6 is 0 Å². The van der Waals surface area contributed by atoms with E-state index in [-0.39, 0.29) is 30.5 Å². The highest BCUT2D eigenvalue weighted by Crippen LogP contribution is 2.35. The molecule has 1 aliphatic rings. The Morgan fingerprint density at radius 3 is 2.18 bits per heavy atom. The minimum atomic E-state index is -1.09. The summed E-state index contributed by atoms with van der Waals surface area (Å²) in [5, 5.41) is 9.48. The Morgan fingerprint density at radius 2 is 1.55 bits per heavy atom. The molecule has 0 aromatic heterocycles. The second kappa shape index (κ2) is 9.67. The molecular formula is C26H25N3O4. The molecule has 4 rings (SSSR count). The van der Waals surface area contributed by atoms with Crippen molar-refractivity contribution in [2.24, 2.45) is 0 Å². The van der Waals surface area contributed by atoms with Crippen molar-refractivity contribution in [1.29, 1.82) is 0 Å². The number of rotatable bonds is 7. The molecule has 2 amide bonds. The molecule has 1 N–H and O–H groups in total. The minimum absolute atomic E-state index is 0.0678. The van der Waals surface area contributed by atoms with Gasteiger partial charge in [0, 0.05) is 6.54 Å². The first-order valence-corrected chi connectivity index (χ1v) is 10.7. The van der Waals surface area contributed by atoms with Crippen molar-refractivity contribution >= 4 is 29.2 Å². The van der Waals surface area contributed by atoms with E-state index in [2.05, 4.69) is 0 Å². The molecule has 33 heavy (non-hydrogen) atoms. The molecule has 0 spiro atoms. The van der Waals surface area contributed by atoms with E-state index >= 15 is 0 Å². The Labute approximate surface area is 192 Å². The first kappa shape index (κ1) is 22.2. The summed E-state index contributed by atoms with van der Waals surface area (Å²) in [6.07, 6.45) is 0. The number of amides is 2. The van der Waals surface area contributed by atoms with Crippen molar-refractivity contribution in [2.75, 3.05) is 29.9 Å². The van der Waals surface area contributed by atoms with Crippen LogP contribution in [0.3, 0.4) is 0 Å². The van der Waals surface area contributed by atoms with E-state index in [1.165, 1.54) is 17.0 Å². The van der Waals surface area contributed by atoms with Gasteiger partial charge in [0.15, 0.2) is 0 Å². The van der Waals surface area contributed by atoms with Gasteiger partial charge in [0.05, 0.1) is 30.0 Å². The molecular weight excluding hydrogens is 418 g/mol. The fraction of sp³-hybridized carbons (Fsp3) is 0.192. The van der Waals surface area contributed by atoms with Crippen LogP contribution in [0, 0.1) is 0 Å². The topological polar surface area (TPSA) is 81.2 Å². The first-order valence-electron chi connectivity index (χ1n) is 10.7. The number of hydrogen-bond donors (Lipinski definition) is 1. The Bertz CT molecular complexity index is 1160. The zero-order valence-electron chi connectivity index (χ0n) is 18.3. The summed E-state index contributed by atoms with van der Waals surface area (Å²) in [6, 6.07) is 23.9. The summed E-state index contributed by atoms with van der Waals surface area (Å²) in [6.45, 7) is 0.879. The van der Waals surface area contributed by atoms with Crippen molar-refractivity contribution in [3.63, 3.8) is 0 Å². The number of anilines is 2. The Hall–Kier alpha value is -3.97. The molecule has 3 aromatic carbocycles. The smallest absolute Gasteiger partial charge is 0.335 e. The summed E-state index contributed by atoms with van der Waals surface area (Å²) >= 11 is 0. The summed E-state index contributed by atoms with van der Waals surface area (Å²) in [5.41, 5.74) is 3.05. The lowest BCUT2D eigenvalue weighted by Crippen LogP contribution is -2.50. The van der Waals surface area contributed by atoms with E-state index in [4.69, 9.17) is 0 Å². The number of nitrogens with zero attached hydrogens (tertiary/aromatic N) is 3. The summed E-state index contributed by atoms with van der Waals surface area (Å²) in [5.74, 6) is -1.56. The van der Waals surface area contributed by atoms with Crippen LogP contribution in [0.5, 0.6) is 0 Å². The number of carbonyl (C=O) groups is 3. The van der Waals surface area contributed by atoms with Gasteiger partial charge in [0.25, 0.3) is 0 Å². The number of aromatic carboxylic acids is 1. The summed E-state index contributed by atoms with van der Waals surface area (Å²) < 4.78 is 0. The summed E-state index contributed by atoms with van der Waals surface area (Å²) in [4.78, 5) is 42.8. The van der Waals surface area contributed by atoms with Crippen LogP contribution < -0.4 is 9.80 Å². The predicted octanol–water partition coefficient (Wildman–Crippen LogP) is 3.40. The average Bonchev–Trinajstić information content (AvgIpc) is 2.81. The van der Waals surface area contributed by atoms with Crippen molar-refractivity contribution in [2.45, 2.75) is 13.1 Å². The second-order valence-corrected chi connectivity index (χ2v) is 8.11. The monoisotopic (exact) mass is 443 g/mol. The van der Waals surface area contributed by atoms with Gasteiger partial charge in [-0.25, -0.2) is 4.79 Å². The van der Waals surface area contributed by atoms with Gasteiger partial charge in [-0.3, -0.25) is 19.4 Å². The first-order chi connectivity index (χ1) is 15.9. The molecule has 0 fully saturated rings. The number of carbonyl (C=O) groups excluding carboxylic acids is 2. The third-order valence-electron chi connectivity index (χ3n) is 5.58. The van der Waals surface area contributed by atoms with Gasteiger partial charge < -0.3 is 10.0 Å². The molecule has 1 aliphatic heterocycles. The van der Waals surface area contributed by atoms with E-state index in [1.54, 1.807) is 11.0 Å². The number of likely N-dealkylation sites (N-methyl/N-ethyl adjacent to an activating group) is 1. The normalized spacial score (nSPS) is 13.2. The molecule has 0 unspecified atom stereocenters. The van der Waals surface area contributed by atoms with Gasteiger partial charge in [-0.15, -0.1) is 0 Å². The fourth-order valence-corrected chi connectivity index (χ4v) is 3.97. The van der Waals surface area contributed by atoms with Crippen molar-refractivity contribution in [3.05, 3.63) is 95.6 Å². The average molecular weight is 444 g/mol. The van der Waals surface area contributed by atoms with Gasteiger partial charge >= 0.3 is 5.97 Å². The van der Waals surface area contributed by atoms with Gasteiger partial charge in [0.2, 0.25) is 11.8 Å². The quantitative estimate of drug-likeness (QED) is 0.605. The molecule has 0 saturated carbocycles. The minimum Gasteiger partial charge on any atom is -0.478 e. The van der Waals surface area contributed by atoms with Crippen molar-refractivity contribution in [1.82, 2.24) is 4.90 Å². The third kappa shape index (κ3) is 5.10. The lowest BCUT2D eigenvalue weighted by atomic mass is 10.1. The van der Waals surface area contributed by atoms with Crippen molar-refractivity contribution in [3.8, 4) is 0 Å². The number of benzene rings is 3. The Balaban J connectivity index is 1.60. The molecule has 0 saturated heterocycles. The van der Waals surface area contributed by atoms with Crippen LogP contribution in [-0.4, -0.2) is 47.9 Å². The number of hydrogen-bond acceptors (Lipinski definition) is 4. The molecule has 7 heteroatoms. The van der Waals surface area contributed by atoms with Crippen LogP contribution in [0.2, 0.25) is 0 Å². The largest absolute Gasteiger partial charge is 0.478 e. The number of carboxylic acids is 1. The molecule has 1 heterocycles.